The van der Waals surface area contributed by atoms with E-state index >= 15 is 0 Å². The van der Waals surface area contributed by atoms with Crippen LogP contribution in [0.1, 0.15) is 0 Å². The molecule has 55 heavy (non-hydrogen) atoms. The molecule has 13 rings (SSSR count). The highest BCUT2D eigenvalue weighted by Gasteiger charge is 2.27. The van der Waals surface area contributed by atoms with Gasteiger partial charge >= 0.3 is 0 Å². The van der Waals surface area contributed by atoms with Crippen LogP contribution in [0.2, 0.25) is 0 Å². The fourth-order valence-electron chi connectivity index (χ4n) is 9.30. The molecule has 0 spiro atoms. The molecule has 0 radical (unpaired) electrons. The number of fused-ring (bicyclic) bond motifs is 15. The predicted molar refractivity (Wildman–Crippen MR) is 227 cm³/mol. The Bertz CT molecular complexity index is 3700. The van der Waals surface area contributed by atoms with Crippen LogP contribution in [0, 0.1) is 0 Å². The summed E-state index contributed by atoms with van der Waals surface area (Å²) in [6.07, 6.45) is 0. The lowest BCUT2D eigenvalue weighted by atomic mass is 10.00. The van der Waals surface area contributed by atoms with Gasteiger partial charge in [0.2, 0.25) is 5.95 Å². The van der Waals surface area contributed by atoms with Crippen molar-refractivity contribution in [2.24, 2.45) is 0 Å². The van der Waals surface area contributed by atoms with Gasteiger partial charge in [-0.1, -0.05) is 133 Å². The summed E-state index contributed by atoms with van der Waals surface area (Å²) >= 11 is 0. The molecule has 0 bridgehead atoms. The molecule has 0 saturated heterocycles. The van der Waals surface area contributed by atoms with Crippen LogP contribution < -0.4 is 0 Å². The summed E-state index contributed by atoms with van der Waals surface area (Å²) in [5, 5.41) is 10.7. The first-order chi connectivity index (χ1) is 27.3. The number of benzene rings is 8. The molecule has 13 aromatic rings. The van der Waals surface area contributed by atoms with Crippen molar-refractivity contribution in [3.8, 4) is 28.3 Å². The third kappa shape index (κ3) is 3.81. The molecule has 0 aliphatic carbocycles. The maximum absolute atomic E-state index is 6.60. The Morgan fingerprint density at radius 3 is 1.89 bits per heavy atom. The van der Waals surface area contributed by atoms with Crippen molar-refractivity contribution < 1.29 is 4.42 Å². The van der Waals surface area contributed by atoms with E-state index in [4.69, 9.17) is 14.4 Å². The number of furan rings is 1. The Hall–Kier alpha value is -7.50. The first-order valence-corrected chi connectivity index (χ1v) is 18.7. The number of hydrogen-bond acceptors (Lipinski definition) is 3. The fraction of sp³-hybridized carbons (Fsp3) is 0. The SMILES string of the molecule is c1ccc(-c2ccc(-c3nc(-n4c5ccccc5c5cc6c7ccccc7n7c8ccc9ccccc9c8c(c54)c67)nc4c3oc3ccccc34)cc2)cc1. The van der Waals surface area contributed by atoms with E-state index in [1.165, 1.54) is 59.8 Å². The number of nitrogens with zero attached hydrogens (tertiary/aromatic N) is 4. The highest BCUT2D eigenvalue weighted by atomic mass is 16.3. The third-order valence-electron chi connectivity index (χ3n) is 11.7. The summed E-state index contributed by atoms with van der Waals surface area (Å²) < 4.78 is 11.4. The van der Waals surface area contributed by atoms with Crippen molar-refractivity contribution in [2.45, 2.75) is 0 Å². The highest BCUT2D eigenvalue weighted by Crippen LogP contribution is 2.48. The van der Waals surface area contributed by atoms with E-state index < -0.39 is 0 Å². The van der Waals surface area contributed by atoms with Crippen molar-refractivity contribution >= 4 is 92.7 Å². The predicted octanol–water partition coefficient (Wildman–Crippen LogP) is 13.1. The minimum atomic E-state index is 0.610. The van der Waals surface area contributed by atoms with Crippen LogP contribution in [0.3, 0.4) is 0 Å². The molecule has 0 aliphatic heterocycles. The molecule has 5 heterocycles. The molecule has 0 N–H and O–H groups in total. The van der Waals surface area contributed by atoms with Crippen molar-refractivity contribution in [3.63, 3.8) is 0 Å². The summed E-state index contributed by atoms with van der Waals surface area (Å²) in [5.74, 6) is 0.610. The molecule has 254 valence electrons. The minimum absolute atomic E-state index is 0.610. The molecule has 5 heteroatoms. The van der Waals surface area contributed by atoms with Gasteiger partial charge in [-0.3, -0.25) is 4.57 Å². The van der Waals surface area contributed by atoms with Crippen LogP contribution >= 0.6 is 0 Å². The van der Waals surface area contributed by atoms with E-state index in [9.17, 15) is 0 Å². The maximum Gasteiger partial charge on any atom is 0.236 e. The Kier molecular flexibility index (Phi) is 5.57. The first-order valence-electron chi connectivity index (χ1n) is 18.7. The summed E-state index contributed by atoms with van der Waals surface area (Å²) in [6, 6.07) is 60.4. The summed E-state index contributed by atoms with van der Waals surface area (Å²) in [4.78, 5) is 10.9. The summed E-state index contributed by atoms with van der Waals surface area (Å²) in [5.41, 5.74) is 12.1. The number of hydrogen-bond donors (Lipinski definition) is 0. The van der Waals surface area contributed by atoms with E-state index in [-0.39, 0.29) is 0 Å². The zero-order valence-electron chi connectivity index (χ0n) is 29.4. The van der Waals surface area contributed by atoms with Crippen LogP contribution in [-0.4, -0.2) is 18.9 Å². The van der Waals surface area contributed by atoms with Gasteiger partial charge in [-0.15, -0.1) is 0 Å². The summed E-state index contributed by atoms with van der Waals surface area (Å²) in [7, 11) is 0. The van der Waals surface area contributed by atoms with Gasteiger partial charge in [-0.05, 0) is 58.3 Å². The molecule has 0 atom stereocenters. The second-order valence-electron chi connectivity index (χ2n) is 14.5. The zero-order valence-corrected chi connectivity index (χ0v) is 29.4. The van der Waals surface area contributed by atoms with Gasteiger partial charge in [0.1, 0.15) is 16.8 Å². The molecule has 0 unspecified atom stereocenters. The molecular weight excluding hydrogens is 673 g/mol. The molecule has 8 aromatic carbocycles. The largest absolute Gasteiger partial charge is 0.452 e. The lowest BCUT2D eigenvalue weighted by Gasteiger charge is -2.11. The topological polar surface area (TPSA) is 48.3 Å². The Morgan fingerprint density at radius 1 is 0.418 bits per heavy atom. The van der Waals surface area contributed by atoms with Gasteiger partial charge in [0.15, 0.2) is 5.58 Å². The standard InChI is InChI=1S/C50H28N4O/c1-2-12-29(13-3-1)30-22-24-32(25-23-30)45-49-46(36-18-8-11-21-42(36)55-49)52-50(51-45)54-40-20-10-7-17-35(40)38-28-37-34-16-6-9-19-39(34)53-41-27-26-31-14-4-5-15-33(31)43(41)44(47(37)53)48(38)54/h1-28H. The van der Waals surface area contributed by atoms with Crippen LogP contribution in [0.5, 0.6) is 0 Å². The molecule has 5 nitrogen and oxygen atoms in total. The van der Waals surface area contributed by atoms with Crippen molar-refractivity contribution in [1.29, 1.82) is 0 Å². The number of para-hydroxylation sites is 3. The molecule has 0 fully saturated rings. The molecule has 5 aromatic heterocycles. The third-order valence-corrected chi connectivity index (χ3v) is 11.7. The fourth-order valence-corrected chi connectivity index (χ4v) is 9.30. The van der Waals surface area contributed by atoms with E-state index in [2.05, 4.69) is 155 Å². The lowest BCUT2D eigenvalue weighted by Crippen LogP contribution is -2.03. The average molecular weight is 701 g/mol. The summed E-state index contributed by atoms with van der Waals surface area (Å²) in [6.45, 7) is 0. The van der Waals surface area contributed by atoms with E-state index in [0.717, 1.165) is 49.7 Å². The van der Waals surface area contributed by atoms with Crippen LogP contribution in [-0.2, 0) is 0 Å². The molecule has 0 amide bonds. The van der Waals surface area contributed by atoms with Crippen LogP contribution in [0.25, 0.3) is 121 Å². The quantitative estimate of drug-likeness (QED) is 0.184. The van der Waals surface area contributed by atoms with Gasteiger partial charge in [0.05, 0.1) is 27.6 Å². The van der Waals surface area contributed by atoms with E-state index in [1.54, 1.807) is 0 Å². The average Bonchev–Trinajstić information content (AvgIpc) is 3.99. The maximum atomic E-state index is 6.60. The Balaban J connectivity index is 1.22. The van der Waals surface area contributed by atoms with Crippen molar-refractivity contribution in [2.75, 3.05) is 0 Å². The van der Waals surface area contributed by atoms with Gasteiger partial charge in [0.25, 0.3) is 0 Å². The monoisotopic (exact) mass is 700 g/mol. The minimum Gasteiger partial charge on any atom is -0.452 e. The van der Waals surface area contributed by atoms with Gasteiger partial charge in [0, 0.05) is 43.3 Å². The smallest absolute Gasteiger partial charge is 0.236 e. The Morgan fingerprint density at radius 2 is 1.05 bits per heavy atom. The molecular formula is C50H28N4O. The van der Waals surface area contributed by atoms with Crippen LogP contribution in [0.15, 0.2) is 174 Å². The number of rotatable bonds is 3. The van der Waals surface area contributed by atoms with Crippen molar-refractivity contribution in [1.82, 2.24) is 18.9 Å². The van der Waals surface area contributed by atoms with E-state index in [1.807, 2.05) is 24.3 Å². The lowest BCUT2D eigenvalue weighted by molar-refractivity contribution is 0.666. The second kappa shape index (κ2) is 10.6. The van der Waals surface area contributed by atoms with Crippen LogP contribution in [0.4, 0.5) is 0 Å². The highest BCUT2D eigenvalue weighted by molar-refractivity contribution is 6.37. The molecule has 0 saturated carbocycles. The van der Waals surface area contributed by atoms with E-state index in [0.29, 0.717) is 11.5 Å². The second-order valence-corrected chi connectivity index (χ2v) is 14.5. The Labute approximate surface area is 313 Å². The normalized spacial score (nSPS) is 12.4. The number of aromatic nitrogens is 4. The van der Waals surface area contributed by atoms with Gasteiger partial charge < -0.3 is 8.82 Å². The first kappa shape index (κ1) is 29.0. The van der Waals surface area contributed by atoms with Crippen molar-refractivity contribution in [3.05, 3.63) is 170 Å². The van der Waals surface area contributed by atoms with Gasteiger partial charge in [-0.2, -0.15) is 0 Å². The van der Waals surface area contributed by atoms with Gasteiger partial charge in [-0.25, -0.2) is 9.97 Å². The molecule has 0 aliphatic rings. The zero-order chi connectivity index (χ0) is 35.8.